The summed E-state index contributed by atoms with van der Waals surface area (Å²) in [6, 6.07) is 12.6. The van der Waals surface area contributed by atoms with Crippen LogP contribution in [0.4, 0.5) is 0 Å². The Labute approximate surface area is 191 Å². The van der Waals surface area contributed by atoms with Gasteiger partial charge >= 0.3 is 5.63 Å². The van der Waals surface area contributed by atoms with Crippen LogP contribution >= 0.6 is 24.0 Å². The van der Waals surface area contributed by atoms with E-state index in [1.165, 1.54) is 24.3 Å². The van der Waals surface area contributed by atoms with E-state index in [1.807, 2.05) is 0 Å². The Morgan fingerprint density at radius 3 is 2.72 bits per heavy atom. The monoisotopic (exact) mass is 468 g/mol. The number of benzene rings is 2. The van der Waals surface area contributed by atoms with E-state index in [0.29, 0.717) is 21.8 Å². The van der Waals surface area contributed by atoms with Crippen LogP contribution in [0.25, 0.3) is 17.0 Å². The fourth-order valence-corrected chi connectivity index (χ4v) is 4.17. The lowest BCUT2D eigenvalue weighted by Crippen LogP contribution is -2.46. The maximum absolute atomic E-state index is 12.6. The summed E-state index contributed by atoms with van der Waals surface area (Å²) in [4.78, 5) is 36.8. The maximum Gasteiger partial charge on any atom is 0.336 e. The van der Waals surface area contributed by atoms with E-state index in [4.69, 9.17) is 21.4 Å². The Kier molecular flexibility index (Phi) is 5.97. The number of ether oxygens (including phenoxy) is 1. The number of aromatic hydroxyl groups is 1. The summed E-state index contributed by atoms with van der Waals surface area (Å²) in [5.41, 5.74) is 3.79. The van der Waals surface area contributed by atoms with Crippen molar-refractivity contribution < 1.29 is 23.8 Å². The van der Waals surface area contributed by atoms with Crippen LogP contribution in [0.1, 0.15) is 11.1 Å². The minimum Gasteiger partial charge on any atom is -0.508 e. The van der Waals surface area contributed by atoms with Crippen LogP contribution in [0.15, 0.2) is 62.6 Å². The molecule has 0 bridgehead atoms. The third-order valence-electron chi connectivity index (χ3n) is 4.51. The molecule has 2 heterocycles. The lowest BCUT2D eigenvalue weighted by Gasteiger charge is -2.16. The van der Waals surface area contributed by atoms with Gasteiger partial charge in [0.1, 0.15) is 17.1 Å². The molecular weight excluding hydrogens is 452 g/mol. The molecule has 2 amide bonds. The van der Waals surface area contributed by atoms with Gasteiger partial charge in [0, 0.05) is 17.5 Å². The van der Waals surface area contributed by atoms with Gasteiger partial charge in [-0.3, -0.25) is 15.0 Å². The molecule has 0 spiro atoms. The third-order valence-corrected chi connectivity index (χ3v) is 5.82. The summed E-state index contributed by atoms with van der Waals surface area (Å²) in [5.74, 6) is -0.605. The number of carbonyl (C=O) groups excluding carboxylic acids is 2. The van der Waals surface area contributed by atoms with Crippen LogP contribution in [0.5, 0.6) is 11.5 Å². The van der Waals surface area contributed by atoms with Crippen molar-refractivity contribution in [3.63, 3.8) is 0 Å². The van der Waals surface area contributed by atoms with E-state index in [0.717, 1.165) is 27.7 Å². The van der Waals surface area contributed by atoms with Gasteiger partial charge in [-0.05, 0) is 60.6 Å². The first-order chi connectivity index (χ1) is 15.3. The lowest BCUT2D eigenvalue weighted by molar-refractivity contribution is -0.134. The summed E-state index contributed by atoms with van der Waals surface area (Å²) < 4.78 is 10.8. The Morgan fingerprint density at radius 1 is 1.22 bits per heavy atom. The van der Waals surface area contributed by atoms with Crippen molar-refractivity contribution in [2.45, 2.75) is 6.92 Å². The lowest BCUT2D eigenvalue weighted by atomic mass is 10.1. The molecule has 1 fully saturated rings. The van der Waals surface area contributed by atoms with Gasteiger partial charge in [-0.15, -0.1) is 0 Å². The molecule has 1 aliphatic heterocycles. The second-order valence-corrected chi connectivity index (χ2v) is 8.51. The van der Waals surface area contributed by atoms with Crippen LogP contribution in [0, 0.1) is 6.92 Å². The van der Waals surface area contributed by atoms with E-state index >= 15 is 0 Å². The summed E-state index contributed by atoms with van der Waals surface area (Å²) in [5, 5.41) is 11.1. The molecule has 2 N–H and O–H groups in total. The molecule has 0 radical (unpaired) electrons. The number of carbonyl (C=O) groups is 2. The van der Waals surface area contributed by atoms with Crippen LogP contribution in [-0.2, 0) is 9.59 Å². The van der Waals surface area contributed by atoms with Crippen molar-refractivity contribution in [2.75, 3.05) is 6.61 Å². The molecule has 3 aromatic rings. The van der Waals surface area contributed by atoms with Gasteiger partial charge in [0.25, 0.3) is 11.8 Å². The van der Waals surface area contributed by atoms with Crippen molar-refractivity contribution in [2.24, 2.45) is 0 Å². The van der Waals surface area contributed by atoms with Gasteiger partial charge in [-0.2, -0.15) is 5.01 Å². The minimum absolute atomic E-state index is 0.116. The second-order valence-electron chi connectivity index (χ2n) is 6.84. The number of phenolic OH excluding ortho intramolecular Hbond substituents is 1. The first kappa shape index (κ1) is 21.6. The van der Waals surface area contributed by atoms with Crippen LogP contribution < -0.4 is 15.8 Å². The quantitative estimate of drug-likeness (QED) is 0.334. The second kappa shape index (κ2) is 8.85. The number of hydrazine groups is 1. The van der Waals surface area contributed by atoms with Gasteiger partial charge in [-0.1, -0.05) is 23.9 Å². The van der Waals surface area contributed by atoms with Crippen LogP contribution in [-0.4, -0.2) is 32.9 Å². The average Bonchev–Trinajstić information content (AvgIpc) is 3.01. The van der Waals surface area contributed by atoms with E-state index < -0.39 is 17.4 Å². The fraction of sp³-hybridized carbons (Fsp3) is 0.0909. The summed E-state index contributed by atoms with van der Waals surface area (Å²) in [6.07, 6.45) is 1.62. The molecule has 4 rings (SSSR count). The van der Waals surface area contributed by atoms with Gasteiger partial charge < -0.3 is 14.3 Å². The Morgan fingerprint density at radius 2 is 1.97 bits per heavy atom. The topological polar surface area (TPSA) is 109 Å². The van der Waals surface area contributed by atoms with Crippen LogP contribution in [0.3, 0.4) is 0 Å². The molecule has 32 heavy (non-hydrogen) atoms. The number of thiocarbonyl (C=S) groups is 1. The van der Waals surface area contributed by atoms with E-state index in [2.05, 4.69) is 5.43 Å². The number of fused-ring (bicyclic) bond motifs is 1. The molecule has 1 saturated heterocycles. The largest absolute Gasteiger partial charge is 0.508 e. The normalized spacial score (nSPS) is 14.9. The molecule has 0 saturated carbocycles. The van der Waals surface area contributed by atoms with E-state index in [1.54, 1.807) is 37.3 Å². The number of hydrogen-bond donors (Lipinski definition) is 2. The Balaban J connectivity index is 1.40. The molecule has 1 aromatic heterocycles. The van der Waals surface area contributed by atoms with Crippen molar-refractivity contribution in [1.82, 2.24) is 10.4 Å². The number of nitrogens with zero attached hydrogens (tertiary/aromatic N) is 1. The predicted octanol–water partition coefficient (Wildman–Crippen LogP) is 3.12. The highest BCUT2D eigenvalue weighted by Gasteiger charge is 2.33. The van der Waals surface area contributed by atoms with Crippen molar-refractivity contribution in [3.05, 3.63) is 75.0 Å². The smallest absolute Gasteiger partial charge is 0.336 e. The van der Waals surface area contributed by atoms with Crippen molar-refractivity contribution in [3.8, 4) is 11.5 Å². The standard InChI is InChI=1S/C22H16N2O6S2/c1-12-8-20(27)30-17-10-15(6-7-16(12)17)29-11-19(26)23-24-21(28)18(32-22(24)31)9-13-2-4-14(25)5-3-13/h2-10,25H,11H2,1H3,(H,23,26)/b18-9+. The number of nitrogens with one attached hydrogen (secondary N) is 1. The average molecular weight is 469 g/mol. The maximum atomic E-state index is 12.6. The number of thioether (sulfide) groups is 1. The minimum atomic E-state index is -0.585. The first-order valence-corrected chi connectivity index (χ1v) is 10.6. The van der Waals surface area contributed by atoms with Gasteiger partial charge in [0.2, 0.25) is 0 Å². The van der Waals surface area contributed by atoms with Crippen molar-refractivity contribution >= 4 is 57.2 Å². The molecule has 162 valence electrons. The summed E-state index contributed by atoms with van der Waals surface area (Å²) in [7, 11) is 0. The number of aryl methyl sites for hydroxylation is 1. The third kappa shape index (κ3) is 4.66. The summed E-state index contributed by atoms with van der Waals surface area (Å²) in [6.45, 7) is 1.42. The zero-order chi connectivity index (χ0) is 22.8. The SMILES string of the molecule is Cc1cc(=O)oc2cc(OCC(=O)NN3C(=O)/C(=C\c4ccc(O)cc4)SC3=S)ccc12. The number of hydrogen-bond acceptors (Lipinski definition) is 8. The Bertz CT molecular complexity index is 1330. The number of rotatable bonds is 5. The predicted molar refractivity (Wildman–Crippen MR) is 124 cm³/mol. The fourth-order valence-electron chi connectivity index (χ4n) is 2.99. The Hall–Kier alpha value is -3.63. The molecule has 0 aliphatic carbocycles. The first-order valence-electron chi connectivity index (χ1n) is 9.34. The van der Waals surface area contributed by atoms with Gasteiger partial charge in [0.15, 0.2) is 10.9 Å². The highest BCUT2D eigenvalue weighted by atomic mass is 32.2. The molecule has 0 unspecified atom stereocenters. The number of amides is 2. The van der Waals surface area contributed by atoms with E-state index in [-0.39, 0.29) is 16.7 Å². The molecular formula is C22H16N2O6S2. The molecule has 1 aliphatic rings. The van der Waals surface area contributed by atoms with Crippen molar-refractivity contribution in [1.29, 1.82) is 0 Å². The zero-order valence-electron chi connectivity index (χ0n) is 16.7. The zero-order valence-corrected chi connectivity index (χ0v) is 18.3. The molecule has 0 atom stereocenters. The van der Waals surface area contributed by atoms with Crippen LogP contribution in [0.2, 0.25) is 0 Å². The molecule has 2 aromatic carbocycles. The highest BCUT2D eigenvalue weighted by molar-refractivity contribution is 8.26. The molecule has 10 heteroatoms. The van der Waals surface area contributed by atoms with Gasteiger partial charge in [-0.25, -0.2) is 4.79 Å². The molecule has 8 nitrogen and oxygen atoms in total. The summed E-state index contributed by atoms with van der Waals surface area (Å²) >= 11 is 6.24. The number of phenols is 1. The van der Waals surface area contributed by atoms with Gasteiger partial charge in [0.05, 0.1) is 4.91 Å². The van der Waals surface area contributed by atoms with E-state index in [9.17, 15) is 19.5 Å². The highest BCUT2D eigenvalue weighted by Crippen LogP contribution is 2.31.